The minimum Gasteiger partial charge on any atom is -0.393 e. The number of rotatable bonds is 49. The van der Waals surface area contributed by atoms with E-state index in [9.17, 15) is 24.5 Å². The van der Waals surface area contributed by atoms with Gasteiger partial charge in [0.2, 0.25) is 5.91 Å². The van der Waals surface area contributed by atoms with E-state index in [0.29, 0.717) is 6.42 Å². The maximum atomic E-state index is 12.9. The summed E-state index contributed by atoms with van der Waals surface area (Å²) in [7, 11) is -4.41. The lowest BCUT2D eigenvalue weighted by molar-refractivity contribution is -0.124. The monoisotopic (exact) mass is 897 g/mol. The van der Waals surface area contributed by atoms with Crippen LogP contribution in [0.2, 0.25) is 0 Å². The number of hydrogen-bond donors (Lipinski definition) is 5. The minimum atomic E-state index is -4.41. The first-order valence-electron chi connectivity index (χ1n) is 26.2. The van der Waals surface area contributed by atoms with Crippen LogP contribution in [0.1, 0.15) is 251 Å². The Hall–Kier alpha value is -1.32. The average Bonchev–Trinajstić information content (AvgIpc) is 3.25. The van der Waals surface area contributed by atoms with Crippen molar-refractivity contribution < 1.29 is 33.5 Å². The Morgan fingerprint density at radius 1 is 0.581 bits per heavy atom. The molecule has 0 radical (unpaired) electrons. The highest BCUT2D eigenvalue weighted by atomic mass is 31.2. The van der Waals surface area contributed by atoms with Crippen LogP contribution >= 0.6 is 7.82 Å². The number of phosphoric ester groups is 1. The third-order valence-corrected chi connectivity index (χ3v) is 12.8. The molecular formula is C52H101N2O7P. The van der Waals surface area contributed by atoms with Gasteiger partial charge in [-0.25, -0.2) is 4.57 Å². The maximum absolute atomic E-state index is 12.9. The second-order valence-electron chi connectivity index (χ2n) is 17.9. The molecule has 0 spiro atoms. The summed E-state index contributed by atoms with van der Waals surface area (Å²) in [6.45, 7) is 3.91. The van der Waals surface area contributed by atoms with E-state index in [1.165, 1.54) is 173 Å². The summed E-state index contributed by atoms with van der Waals surface area (Å²) in [5, 5.41) is 24.2. The first kappa shape index (κ1) is 60.7. The van der Waals surface area contributed by atoms with E-state index in [1.807, 2.05) is 6.08 Å². The Balaban J connectivity index is 4.17. The minimum absolute atomic E-state index is 0.0493. The highest BCUT2D eigenvalue weighted by molar-refractivity contribution is 7.47. The Labute approximate surface area is 382 Å². The second-order valence-corrected chi connectivity index (χ2v) is 19.3. The van der Waals surface area contributed by atoms with Crippen molar-refractivity contribution in [1.29, 1.82) is 0 Å². The van der Waals surface area contributed by atoms with E-state index in [-0.39, 0.29) is 19.6 Å². The normalized spacial score (nSPS) is 14.6. The van der Waals surface area contributed by atoms with Crippen molar-refractivity contribution in [2.24, 2.45) is 5.73 Å². The summed E-state index contributed by atoms with van der Waals surface area (Å²) in [5.41, 5.74) is 5.39. The van der Waals surface area contributed by atoms with Crippen LogP contribution in [0.3, 0.4) is 0 Å². The Morgan fingerprint density at radius 3 is 1.45 bits per heavy atom. The topological polar surface area (TPSA) is 151 Å². The molecule has 366 valence electrons. The smallest absolute Gasteiger partial charge is 0.393 e. The average molecular weight is 897 g/mol. The lowest BCUT2D eigenvalue weighted by atomic mass is 10.0. The summed E-state index contributed by atoms with van der Waals surface area (Å²) >= 11 is 0. The standard InChI is InChI=1S/C52H101N2O7P/c1-3-5-7-9-11-13-15-17-19-21-23-24-26-28-30-32-34-36-38-40-42-44-51(56)50(48-61-62(58,59)60-46-45-53)54-52(57)47-49(55)43-41-39-37-35-33-31-29-27-25-22-20-18-16-14-12-10-8-6-4-2/h6,8,12,14,42,44,49-51,55-56H,3-5,7,9-11,13,15-41,43,45-48,53H2,1-2H3,(H,54,57)(H,58,59)/b8-6-,14-12-,44-42+. The van der Waals surface area contributed by atoms with E-state index >= 15 is 0 Å². The Kier molecular flexibility index (Phi) is 46.6. The molecule has 0 aromatic carbocycles. The molecule has 9 nitrogen and oxygen atoms in total. The van der Waals surface area contributed by atoms with Gasteiger partial charge in [0, 0.05) is 6.54 Å². The van der Waals surface area contributed by atoms with Gasteiger partial charge >= 0.3 is 7.82 Å². The molecule has 10 heteroatoms. The van der Waals surface area contributed by atoms with Crippen LogP contribution in [0.15, 0.2) is 36.5 Å². The number of carbonyl (C=O) groups is 1. The van der Waals surface area contributed by atoms with Gasteiger partial charge in [-0.3, -0.25) is 13.8 Å². The van der Waals surface area contributed by atoms with Crippen molar-refractivity contribution in [1.82, 2.24) is 5.32 Å². The molecule has 0 fully saturated rings. The largest absolute Gasteiger partial charge is 0.472 e. The van der Waals surface area contributed by atoms with Crippen LogP contribution in [0.25, 0.3) is 0 Å². The number of allylic oxidation sites excluding steroid dienone is 5. The molecule has 62 heavy (non-hydrogen) atoms. The summed E-state index contributed by atoms with van der Waals surface area (Å²) < 4.78 is 22.2. The fourth-order valence-corrected chi connectivity index (χ4v) is 8.62. The molecule has 0 aliphatic heterocycles. The lowest BCUT2D eigenvalue weighted by Crippen LogP contribution is -2.46. The lowest BCUT2D eigenvalue weighted by Gasteiger charge is -2.24. The van der Waals surface area contributed by atoms with Crippen molar-refractivity contribution >= 4 is 13.7 Å². The third-order valence-electron chi connectivity index (χ3n) is 11.8. The quantitative estimate of drug-likeness (QED) is 0.0230. The zero-order valence-corrected chi connectivity index (χ0v) is 41.4. The molecule has 0 bridgehead atoms. The summed E-state index contributed by atoms with van der Waals surface area (Å²) in [4.78, 5) is 22.9. The van der Waals surface area contributed by atoms with Crippen molar-refractivity contribution in [3.8, 4) is 0 Å². The summed E-state index contributed by atoms with van der Waals surface area (Å²) in [6, 6.07) is -0.983. The molecule has 0 aliphatic rings. The molecule has 1 amide bonds. The SMILES string of the molecule is CC/C=C\C/C=C\CCCCCCCCCCCCCCC(O)CC(=O)NC(COP(=O)(O)OCCN)C(O)/C=C/CCCCCCCCCCCCCCCCCCCCC. The number of carbonyl (C=O) groups excluding carboxylic acids is 1. The van der Waals surface area contributed by atoms with Gasteiger partial charge in [-0.05, 0) is 44.9 Å². The van der Waals surface area contributed by atoms with Gasteiger partial charge in [0.05, 0.1) is 37.9 Å². The number of hydrogen-bond acceptors (Lipinski definition) is 7. The van der Waals surface area contributed by atoms with Gasteiger partial charge in [-0.15, -0.1) is 0 Å². The van der Waals surface area contributed by atoms with Gasteiger partial charge in [-0.2, -0.15) is 0 Å². The zero-order valence-electron chi connectivity index (χ0n) is 40.5. The molecule has 0 rings (SSSR count). The summed E-state index contributed by atoms with van der Waals surface area (Å²) in [5.74, 6) is -0.444. The predicted molar refractivity (Wildman–Crippen MR) is 264 cm³/mol. The fourth-order valence-electron chi connectivity index (χ4n) is 7.86. The molecule has 4 unspecified atom stereocenters. The van der Waals surface area contributed by atoms with Crippen molar-refractivity contribution in [3.05, 3.63) is 36.5 Å². The molecule has 0 aromatic heterocycles. The van der Waals surface area contributed by atoms with E-state index < -0.39 is 38.6 Å². The van der Waals surface area contributed by atoms with Gasteiger partial charge in [-0.1, -0.05) is 237 Å². The molecule has 0 saturated heterocycles. The Bertz CT molecular complexity index is 1090. The summed E-state index contributed by atoms with van der Waals surface area (Å²) in [6.07, 6.45) is 55.2. The molecule has 0 saturated carbocycles. The number of nitrogens with one attached hydrogen (secondary N) is 1. The molecule has 4 atom stereocenters. The molecule has 6 N–H and O–H groups in total. The van der Waals surface area contributed by atoms with E-state index in [0.717, 1.165) is 51.4 Å². The second kappa shape index (κ2) is 47.6. The number of unbranched alkanes of at least 4 members (excludes halogenated alkanes) is 31. The number of aliphatic hydroxyl groups excluding tert-OH is 2. The van der Waals surface area contributed by atoms with E-state index in [4.69, 9.17) is 14.8 Å². The number of nitrogens with two attached hydrogens (primary N) is 1. The van der Waals surface area contributed by atoms with Crippen molar-refractivity contribution in [3.63, 3.8) is 0 Å². The van der Waals surface area contributed by atoms with Gasteiger partial charge < -0.3 is 26.2 Å². The molecule has 0 aromatic rings. The van der Waals surface area contributed by atoms with Crippen LogP contribution in [0.5, 0.6) is 0 Å². The number of aliphatic hydroxyl groups is 2. The van der Waals surface area contributed by atoms with Gasteiger partial charge in [0.1, 0.15) is 0 Å². The van der Waals surface area contributed by atoms with Crippen LogP contribution in [-0.4, -0.2) is 59.0 Å². The van der Waals surface area contributed by atoms with Crippen LogP contribution in [-0.2, 0) is 18.4 Å². The van der Waals surface area contributed by atoms with Crippen molar-refractivity contribution in [2.75, 3.05) is 19.8 Å². The zero-order chi connectivity index (χ0) is 45.5. The van der Waals surface area contributed by atoms with E-state index in [2.05, 4.69) is 43.5 Å². The number of phosphoric acid groups is 1. The maximum Gasteiger partial charge on any atom is 0.472 e. The van der Waals surface area contributed by atoms with Crippen LogP contribution in [0, 0.1) is 0 Å². The highest BCUT2D eigenvalue weighted by Gasteiger charge is 2.27. The predicted octanol–water partition coefficient (Wildman–Crippen LogP) is 14.4. The Morgan fingerprint density at radius 2 is 1.00 bits per heavy atom. The van der Waals surface area contributed by atoms with E-state index in [1.54, 1.807) is 6.08 Å². The van der Waals surface area contributed by atoms with Gasteiger partial charge in [0.15, 0.2) is 0 Å². The highest BCUT2D eigenvalue weighted by Crippen LogP contribution is 2.43. The van der Waals surface area contributed by atoms with Crippen LogP contribution < -0.4 is 11.1 Å². The van der Waals surface area contributed by atoms with Gasteiger partial charge in [0.25, 0.3) is 0 Å². The molecule has 0 aliphatic carbocycles. The first-order valence-corrected chi connectivity index (χ1v) is 27.7. The van der Waals surface area contributed by atoms with Crippen molar-refractivity contribution in [2.45, 2.75) is 270 Å². The molecule has 0 heterocycles. The first-order chi connectivity index (χ1) is 30.3. The third kappa shape index (κ3) is 45.3. The van der Waals surface area contributed by atoms with Crippen LogP contribution in [0.4, 0.5) is 0 Å². The molecular weight excluding hydrogens is 796 g/mol. The number of amides is 1. The fraction of sp³-hybridized carbons (Fsp3) is 0.865.